The lowest BCUT2D eigenvalue weighted by atomic mass is 10.2. The molecule has 18 heavy (non-hydrogen) atoms. The molecule has 0 unspecified atom stereocenters. The number of carbonyl (C=O) groups excluding carboxylic acids is 2. The molecule has 0 radical (unpaired) electrons. The van der Waals surface area contributed by atoms with Crippen LogP contribution in [0.2, 0.25) is 0 Å². The second-order valence-corrected chi connectivity index (χ2v) is 4.50. The SMILES string of the molecule is O=C1CC(=O)NC(SCc2cccc(F)c2F)=N1. The van der Waals surface area contributed by atoms with Crippen molar-refractivity contribution in [2.75, 3.05) is 0 Å². The van der Waals surface area contributed by atoms with Gasteiger partial charge < -0.3 is 5.32 Å². The third kappa shape index (κ3) is 2.92. The topological polar surface area (TPSA) is 58.5 Å². The number of benzene rings is 1. The lowest BCUT2D eigenvalue weighted by molar-refractivity contribution is -0.127. The van der Waals surface area contributed by atoms with Gasteiger partial charge in [-0.2, -0.15) is 4.99 Å². The Bertz CT molecular complexity index is 546. The Morgan fingerprint density at radius 1 is 1.33 bits per heavy atom. The molecular formula is C11H8F2N2O2S. The highest BCUT2D eigenvalue weighted by molar-refractivity contribution is 8.13. The van der Waals surface area contributed by atoms with E-state index in [0.29, 0.717) is 0 Å². The molecule has 0 saturated carbocycles. The fraction of sp³-hybridized carbons (Fsp3) is 0.182. The van der Waals surface area contributed by atoms with Crippen LogP contribution in [-0.2, 0) is 15.3 Å². The lowest BCUT2D eigenvalue weighted by Crippen LogP contribution is -2.34. The maximum absolute atomic E-state index is 13.3. The maximum atomic E-state index is 13.3. The van der Waals surface area contributed by atoms with Crippen LogP contribution in [0.1, 0.15) is 12.0 Å². The first-order valence-corrected chi connectivity index (χ1v) is 6.02. The van der Waals surface area contributed by atoms with Crippen molar-refractivity contribution in [1.29, 1.82) is 0 Å². The molecule has 1 aromatic carbocycles. The zero-order valence-corrected chi connectivity index (χ0v) is 9.89. The Morgan fingerprint density at radius 2 is 2.11 bits per heavy atom. The molecule has 2 amide bonds. The number of halogens is 2. The summed E-state index contributed by atoms with van der Waals surface area (Å²) in [7, 11) is 0. The first kappa shape index (κ1) is 12.7. The molecule has 0 aliphatic carbocycles. The van der Waals surface area contributed by atoms with Gasteiger partial charge >= 0.3 is 0 Å². The average molecular weight is 270 g/mol. The summed E-state index contributed by atoms with van der Waals surface area (Å²) in [6, 6.07) is 3.84. The number of hydrogen-bond acceptors (Lipinski definition) is 3. The van der Waals surface area contributed by atoms with E-state index in [1.54, 1.807) is 0 Å². The smallest absolute Gasteiger partial charge is 0.257 e. The van der Waals surface area contributed by atoms with Gasteiger partial charge in [0, 0.05) is 11.3 Å². The van der Waals surface area contributed by atoms with Crippen LogP contribution in [0.3, 0.4) is 0 Å². The first-order chi connectivity index (χ1) is 8.56. The van der Waals surface area contributed by atoms with Crippen molar-refractivity contribution >= 4 is 28.7 Å². The molecule has 1 aromatic rings. The van der Waals surface area contributed by atoms with Crippen LogP contribution in [0.5, 0.6) is 0 Å². The maximum Gasteiger partial charge on any atom is 0.257 e. The van der Waals surface area contributed by atoms with Gasteiger partial charge in [-0.25, -0.2) is 8.78 Å². The molecule has 4 nitrogen and oxygen atoms in total. The molecular weight excluding hydrogens is 262 g/mol. The molecule has 0 atom stereocenters. The van der Waals surface area contributed by atoms with Crippen LogP contribution in [0.15, 0.2) is 23.2 Å². The Kier molecular flexibility index (Phi) is 3.71. The molecule has 0 bridgehead atoms. The molecule has 0 saturated heterocycles. The Hall–Kier alpha value is -1.76. The van der Waals surface area contributed by atoms with E-state index in [2.05, 4.69) is 10.3 Å². The molecule has 1 aliphatic rings. The fourth-order valence-electron chi connectivity index (χ4n) is 1.36. The zero-order chi connectivity index (χ0) is 13.1. The van der Waals surface area contributed by atoms with Crippen LogP contribution in [0.25, 0.3) is 0 Å². The minimum atomic E-state index is -0.932. The summed E-state index contributed by atoms with van der Waals surface area (Å²) in [4.78, 5) is 25.7. The van der Waals surface area contributed by atoms with E-state index in [9.17, 15) is 18.4 Å². The van der Waals surface area contributed by atoms with Crippen LogP contribution in [-0.4, -0.2) is 17.0 Å². The standard InChI is InChI=1S/C11H8F2N2O2S/c12-7-3-1-2-6(10(7)13)5-18-11-14-8(16)4-9(17)15-11/h1-3H,4-5H2,(H,14,15,16,17). The van der Waals surface area contributed by atoms with E-state index >= 15 is 0 Å². The third-order valence-electron chi connectivity index (χ3n) is 2.18. The number of nitrogens with zero attached hydrogens (tertiary/aromatic N) is 1. The van der Waals surface area contributed by atoms with E-state index in [1.165, 1.54) is 12.1 Å². The summed E-state index contributed by atoms with van der Waals surface area (Å²) in [6.07, 6.45) is -0.279. The molecule has 7 heteroatoms. The largest absolute Gasteiger partial charge is 0.305 e. The van der Waals surface area contributed by atoms with Gasteiger partial charge in [0.05, 0.1) is 0 Å². The summed E-state index contributed by atoms with van der Waals surface area (Å²) < 4.78 is 26.3. The number of thioether (sulfide) groups is 1. The summed E-state index contributed by atoms with van der Waals surface area (Å²) in [6.45, 7) is 0. The number of rotatable bonds is 2. The molecule has 0 aromatic heterocycles. The monoisotopic (exact) mass is 270 g/mol. The van der Waals surface area contributed by atoms with Crippen LogP contribution in [0, 0.1) is 11.6 Å². The number of aliphatic imine (C=N–C) groups is 1. The van der Waals surface area contributed by atoms with Gasteiger partial charge in [0.25, 0.3) is 5.91 Å². The zero-order valence-electron chi connectivity index (χ0n) is 9.07. The normalized spacial score (nSPS) is 15.3. The second-order valence-electron chi connectivity index (χ2n) is 3.54. The van der Waals surface area contributed by atoms with Crippen molar-refractivity contribution in [3.05, 3.63) is 35.4 Å². The molecule has 1 N–H and O–H groups in total. The third-order valence-corrected chi connectivity index (χ3v) is 3.10. The van der Waals surface area contributed by atoms with E-state index in [-0.39, 0.29) is 22.9 Å². The van der Waals surface area contributed by atoms with Crippen molar-refractivity contribution < 1.29 is 18.4 Å². The first-order valence-electron chi connectivity index (χ1n) is 5.03. The number of carbonyl (C=O) groups is 2. The van der Waals surface area contributed by atoms with E-state index in [1.807, 2.05) is 0 Å². The van der Waals surface area contributed by atoms with E-state index in [4.69, 9.17) is 0 Å². The van der Waals surface area contributed by atoms with Gasteiger partial charge in [-0.05, 0) is 6.07 Å². The molecule has 2 rings (SSSR count). The highest BCUT2D eigenvalue weighted by Gasteiger charge is 2.19. The van der Waals surface area contributed by atoms with Crippen molar-refractivity contribution in [3.63, 3.8) is 0 Å². The predicted octanol–water partition coefficient (Wildman–Crippen LogP) is 1.60. The van der Waals surface area contributed by atoms with Gasteiger partial charge in [-0.1, -0.05) is 23.9 Å². The Morgan fingerprint density at radius 3 is 2.83 bits per heavy atom. The van der Waals surface area contributed by atoms with Gasteiger partial charge in [0.15, 0.2) is 16.8 Å². The number of hydrogen-bond donors (Lipinski definition) is 1. The van der Waals surface area contributed by atoms with Crippen LogP contribution in [0.4, 0.5) is 8.78 Å². The number of nitrogens with one attached hydrogen (secondary N) is 1. The minimum absolute atomic E-state index is 0.0794. The summed E-state index contributed by atoms with van der Waals surface area (Å²) >= 11 is 0.971. The minimum Gasteiger partial charge on any atom is -0.305 e. The molecule has 1 heterocycles. The Labute approximate surface area is 105 Å². The van der Waals surface area contributed by atoms with Crippen molar-refractivity contribution in [2.45, 2.75) is 12.2 Å². The fourth-order valence-corrected chi connectivity index (χ4v) is 2.22. The summed E-state index contributed by atoms with van der Waals surface area (Å²) in [5.74, 6) is -2.77. The number of amidine groups is 1. The molecule has 94 valence electrons. The van der Waals surface area contributed by atoms with Crippen LogP contribution < -0.4 is 5.32 Å². The molecule has 0 fully saturated rings. The quantitative estimate of drug-likeness (QED) is 0.830. The van der Waals surface area contributed by atoms with Gasteiger partial charge in [-0.15, -0.1) is 0 Å². The van der Waals surface area contributed by atoms with Crippen molar-refractivity contribution in [2.24, 2.45) is 4.99 Å². The Balaban J connectivity index is 2.06. The van der Waals surface area contributed by atoms with Gasteiger partial charge in [0.2, 0.25) is 5.91 Å². The van der Waals surface area contributed by atoms with E-state index < -0.39 is 23.4 Å². The summed E-state index contributed by atoms with van der Waals surface area (Å²) in [5, 5.41) is 2.50. The number of amides is 2. The highest BCUT2D eigenvalue weighted by Crippen LogP contribution is 2.19. The van der Waals surface area contributed by atoms with Gasteiger partial charge in [0.1, 0.15) is 6.42 Å². The highest BCUT2D eigenvalue weighted by atomic mass is 32.2. The lowest BCUT2D eigenvalue weighted by Gasteiger charge is -2.11. The van der Waals surface area contributed by atoms with Crippen molar-refractivity contribution in [1.82, 2.24) is 5.32 Å². The summed E-state index contributed by atoms with van der Waals surface area (Å²) in [5.41, 5.74) is 0.148. The van der Waals surface area contributed by atoms with Gasteiger partial charge in [-0.3, -0.25) is 9.59 Å². The second kappa shape index (κ2) is 5.26. The molecule has 0 spiro atoms. The van der Waals surface area contributed by atoms with Crippen LogP contribution >= 0.6 is 11.8 Å². The van der Waals surface area contributed by atoms with E-state index in [0.717, 1.165) is 17.8 Å². The average Bonchev–Trinajstić information content (AvgIpc) is 2.30. The predicted molar refractivity (Wildman–Crippen MR) is 62.9 cm³/mol. The van der Waals surface area contributed by atoms with Crippen molar-refractivity contribution in [3.8, 4) is 0 Å². The molecule has 1 aliphatic heterocycles.